The van der Waals surface area contributed by atoms with Crippen LogP contribution in [0, 0.1) is 0 Å². The molecule has 0 saturated carbocycles. The molecule has 12 aromatic rings. The number of fused-ring (bicyclic) bond motifs is 9. The van der Waals surface area contributed by atoms with Crippen molar-refractivity contribution in [3.8, 4) is 27.9 Å². The first-order chi connectivity index (χ1) is 29.3. The molecule has 10 aromatic carbocycles. The molecule has 0 atom stereocenters. The Morgan fingerprint density at radius 3 is 1.90 bits per heavy atom. The van der Waals surface area contributed by atoms with Gasteiger partial charge in [-0.15, -0.1) is 0 Å². The van der Waals surface area contributed by atoms with E-state index < -0.39 is 0 Å². The zero-order chi connectivity index (χ0) is 38.9. The van der Waals surface area contributed by atoms with E-state index in [-0.39, 0.29) is 0 Å². The van der Waals surface area contributed by atoms with E-state index in [0.29, 0.717) is 0 Å². The number of aromatic nitrogens is 1. The average Bonchev–Trinajstić information content (AvgIpc) is 3.86. The molecule has 0 N–H and O–H groups in total. The van der Waals surface area contributed by atoms with Gasteiger partial charge in [0.2, 0.25) is 0 Å². The molecule has 2 aromatic heterocycles. The highest BCUT2D eigenvalue weighted by Gasteiger charge is 2.22. The van der Waals surface area contributed by atoms with Gasteiger partial charge in [-0.1, -0.05) is 158 Å². The summed E-state index contributed by atoms with van der Waals surface area (Å²) in [6, 6.07) is 78.7. The fourth-order valence-corrected chi connectivity index (χ4v) is 9.37. The molecule has 0 unspecified atom stereocenters. The number of furan rings is 1. The van der Waals surface area contributed by atoms with Crippen LogP contribution in [0.2, 0.25) is 0 Å². The number of hydrogen-bond acceptors (Lipinski definition) is 2. The minimum absolute atomic E-state index is 0.863. The third-order valence-corrected chi connectivity index (χ3v) is 12.0. The van der Waals surface area contributed by atoms with Crippen LogP contribution in [-0.4, -0.2) is 4.57 Å². The number of anilines is 3. The molecule has 0 amide bonds. The molecule has 3 heteroatoms. The second kappa shape index (κ2) is 13.4. The second-order valence-electron chi connectivity index (χ2n) is 15.3. The summed E-state index contributed by atoms with van der Waals surface area (Å²) in [5.41, 5.74) is 13.2. The first-order valence-electron chi connectivity index (χ1n) is 20.2. The standard InChI is InChI=1S/C56H36N2O/c1-2-14-37(15-3-1)38-30-33-41(34-31-38)57(50-27-13-29-53-55(50)48-23-7-9-28-52(48)59-53)42-19-12-20-43(36-42)58-49-26-8-6-22-47(49)56-51(58)35-32-40-18-11-25-46(54(40)56)45-24-10-17-39-16-4-5-21-44(39)45/h1-36H. The van der Waals surface area contributed by atoms with Crippen LogP contribution in [0.3, 0.4) is 0 Å². The third-order valence-electron chi connectivity index (χ3n) is 12.0. The lowest BCUT2D eigenvalue weighted by Crippen LogP contribution is -2.11. The molecule has 0 fully saturated rings. The van der Waals surface area contributed by atoms with Crippen molar-refractivity contribution in [3.63, 3.8) is 0 Å². The van der Waals surface area contributed by atoms with E-state index in [4.69, 9.17) is 4.42 Å². The Balaban J connectivity index is 1.10. The molecule has 0 radical (unpaired) electrons. The van der Waals surface area contributed by atoms with Crippen molar-refractivity contribution in [1.29, 1.82) is 0 Å². The van der Waals surface area contributed by atoms with Gasteiger partial charge in [-0.25, -0.2) is 0 Å². The molecule has 0 aliphatic heterocycles. The summed E-state index contributed by atoms with van der Waals surface area (Å²) in [6.07, 6.45) is 0. The van der Waals surface area contributed by atoms with Gasteiger partial charge in [0.25, 0.3) is 0 Å². The van der Waals surface area contributed by atoms with Crippen LogP contribution in [-0.2, 0) is 0 Å². The van der Waals surface area contributed by atoms with Crippen LogP contribution in [0.25, 0.3) is 93.2 Å². The molecule has 0 aliphatic rings. The van der Waals surface area contributed by atoms with E-state index in [1.54, 1.807) is 0 Å². The minimum Gasteiger partial charge on any atom is -0.456 e. The Labute approximate surface area is 341 Å². The maximum atomic E-state index is 6.44. The summed E-state index contributed by atoms with van der Waals surface area (Å²) >= 11 is 0. The summed E-state index contributed by atoms with van der Waals surface area (Å²) in [5.74, 6) is 0. The zero-order valence-corrected chi connectivity index (χ0v) is 32.1. The van der Waals surface area contributed by atoms with Crippen LogP contribution in [0.15, 0.2) is 223 Å². The van der Waals surface area contributed by atoms with E-state index in [1.807, 2.05) is 6.07 Å². The molecule has 0 saturated heterocycles. The third kappa shape index (κ3) is 5.29. The molecule has 2 heterocycles. The molecular weight excluding hydrogens is 717 g/mol. The molecule has 0 spiro atoms. The van der Waals surface area contributed by atoms with Crippen molar-refractivity contribution in [2.45, 2.75) is 0 Å². The molecule has 59 heavy (non-hydrogen) atoms. The Hall–Kier alpha value is -7.88. The smallest absolute Gasteiger partial charge is 0.137 e. The van der Waals surface area contributed by atoms with Gasteiger partial charge in [0.15, 0.2) is 0 Å². The van der Waals surface area contributed by atoms with E-state index in [9.17, 15) is 0 Å². The van der Waals surface area contributed by atoms with Crippen molar-refractivity contribution < 1.29 is 4.42 Å². The lowest BCUT2D eigenvalue weighted by atomic mass is 9.92. The van der Waals surface area contributed by atoms with Gasteiger partial charge in [0, 0.05) is 33.2 Å². The SMILES string of the molecule is c1ccc(-c2ccc(N(c3cccc(-n4c5ccccc5c5c6c(-c7cccc8ccccc78)cccc6ccc54)c3)c3cccc4oc5ccccc5c34)cc2)cc1. The quantitative estimate of drug-likeness (QED) is 0.169. The van der Waals surface area contributed by atoms with Crippen LogP contribution in [0.5, 0.6) is 0 Å². The predicted molar refractivity (Wildman–Crippen MR) is 249 cm³/mol. The van der Waals surface area contributed by atoms with Crippen molar-refractivity contribution in [2.75, 3.05) is 4.90 Å². The fraction of sp³-hybridized carbons (Fsp3) is 0. The summed E-state index contributed by atoms with van der Waals surface area (Å²) in [5, 5.41) is 9.67. The normalized spacial score (nSPS) is 11.7. The van der Waals surface area contributed by atoms with Gasteiger partial charge in [-0.3, -0.25) is 0 Å². The van der Waals surface area contributed by atoms with E-state index >= 15 is 0 Å². The molecule has 0 aliphatic carbocycles. The Morgan fingerprint density at radius 2 is 1.02 bits per heavy atom. The van der Waals surface area contributed by atoms with Crippen molar-refractivity contribution >= 4 is 82.4 Å². The largest absolute Gasteiger partial charge is 0.456 e. The maximum absolute atomic E-state index is 6.44. The van der Waals surface area contributed by atoms with Gasteiger partial charge in [-0.2, -0.15) is 0 Å². The van der Waals surface area contributed by atoms with Crippen LogP contribution in [0.1, 0.15) is 0 Å². The lowest BCUT2D eigenvalue weighted by Gasteiger charge is -2.27. The number of rotatable bonds is 6. The lowest BCUT2D eigenvalue weighted by molar-refractivity contribution is 0.669. The van der Waals surface area contributed by atoms with Crippen LogP contribution < -0.4 is 4.90 Å². The van der Waals surface area contributed by atoms with Gasteiger partial charge in [-0.05, 0) is 104 Å². The molecular formula is C56H36N2O. The predicted octanol–water partition coefficient (Wildman–Crippen LogP) is 15.8. The highest BCUT2D eigenvalue weighted by Crippen LogP contribution is 2.46. The number of para-hydroxylation sites is 2. The van der Waals surface area contributed by atoms with Gasteiger partial charge < -0.3 is 13.9 Å². The molecule has 276 valence electrons. The van der Waals surface area contributed by atoms with E-state index in [0.717, 1.165) is 44.7 Å². The topological polar surface area (TPSA) is 21.3 Å². The summed E-state index contributed by atoms with van der Waals surface area (Å²) < 4.78 is 8.88. The molecule has 0 bridgehead atoms. The number of hydrogen-bond donors (Lipinski definition) is 0. The van der Waals surface area contributed by atoms with Crippen molar-refractivity contribution in [3.05, 3.63) is 218 Å². The monoisotopic (exact) mass is 752 g/mol. The minimum atomic E-state index is 0.863. The first kappa shape index (κ1) is 33.3. The van der Waals surface area contributed by atoms with E-state index in [1.165, 1.54) is 65.6 Å². The molecule has 3 nitrogen and oxygen atoms in total. The maximum Gasteiger partial charge on any atom is 0.137 e. The Kier molecular flexibility index (Phi) is 7.54. The van der Waals surface area contributed by atoms with Gasteiger partial charge >= 0.3 is 0 Å². The summed E-state index contributed by atoms with van der Waals surface area (Å²) in [4.78, 5) is 2.38. The van der Waals surface area contributed by atoms with Gasteiger partial charge in [0.1, 0.15) is 11.2 Å². The van der Waals surface area contributed by atoms with Gasteiger partial charge in [0.05, 0.1) is 22.1 Å². The molecule has 12 rings (SSSR count). The second-order valence-corrected chi connectivity index (χ2v) is 15.3. The first-order valence-corrected chi connectivity index (χ1v) is 20.2. The summed E-state index contributed by atoms with van der Waals surface area (Å²) in [7, 11) is 0. The van der Waals surface area contributed by atoms with Crippen LogP contribution in [0.4, 0.5) is 17.1 Å². The Bertz CT molecular complexity index is 3550. The fourth-order valence-electron chi connectivity index (χ4n) is 9.37. The number of benzene rings is 10. The van der Waals surface area contributed by atoms with Crippen molar-refractivity contribution in [2.24, 2.45) is 0 Å². The van der Waals surface area contributed by atoms with E-state index in [2.05, 4.69) is 222 Å². The van der Waals surface area contributed by atoms with Crippen LogP contribution >= 0.6 is 0 Å². The highest BCUT2D eigenvalue weighted by molar-refractivity contribution is 6.26. The highest BCUT2D eigenvalue weighted by atomic mass is 16.3. The van der Waals surface area contributed by atoms with Crippen molar-refractivity contribution in [1.82, 2.24) is 4.57 Å². The average molecular weight is 753 g/mol. The zero-order valence-electron chi connectivity index (χ0n) is 32.1. The number of nitrogens with zero attached hydrogens (tertiary/aromatic N) is 2. The summed E-state index contributed by atoms with van der Waals surface area (Å²) in [6.45, 7) is 0. The Morgan fingerprint density at radius 1 is 0.356 bits per heavy atom.